The first-order valence-corrected chi connectivity index (χ1v) is 9.47. The summed E-state index contributed by atoms with van der Waals surface area (Å²) in [6, 6.07) is 14.5. The van der Waals surface area contributed by atoms with Gasteiger partial charge in [0.1, 0.15) is 11.2 Å². The molecule has 7 nitrogen and oxygen atoms in total. The van der Waals surface area contributed by atoms with Crippen molar-refractivity contribution in [2.24, 2.45) is 5.41 Å². The van der Waals surface area contributed by atoms with Crippen molar-refractivity contribution in [2.75, 3.05) is 0 Å². The highest BCUT2D eigenvalue weighted by Crippen LogP contribution is 2.43. The standard InChI is InChI=1S/C22H24N2O5/c1-4-22(3)19(27)24(21(28)23-14(2)15-8-6-5-7-9-15)20(22)29-17-12-10-16(11-13-17)18(25)26/h5-14,20H,4H2,1-3H3,(H,23,28)(H,25,26)/t14-,20-,22-/m0/s1. The Balaban J connectivity index is 1.76. The Morgan fingerprint density at radius 2 is 1.79 bits per heavy atom. The number of aromatic carboxylic acids is 1. The van der Waals surface area contributed by atoms with Gasteiger partial charge in [-0.25, -0.2) is 14.5 Å². The van der Waals surface area contributed by atoms with Crippen molar-refractivity contribution >= 4 is 17.9 Å². The molecule has 2 aromatic carbocycles. The molecular formula is C22H24N2O5. The summed E-state index contributed by atoms with van der Waals surface area (Å²) in [5.74, 6) is -0.948. The second-order valence-electron chi connectivity index (χ2n) is 7.33. The lowest BCUT2D eigenvalue weighted by Crippen LogP contribution is -2.72. The summed E-state index contributed by atoms with van der Waals surface area (Å²) in [6.07, 6.45) is -0.277. The number of amides is 3. The topological polar surface area (TPSA) is 95.9 Å². The molecule has 1 heterocycles. The molecule has 1 aliphatic heterocycles. The maximum Gasteiger partial charge on any atom is 0.335 e. The zero-order valence-corrected chi connectivity index (χ0v) is 16.6. The first-order chi connectivity index (χ1) is 13.8. The number of nitrogens with one attached hydrogen (secondary N) is 1. The van der Waals surface area contributed by atoms with Gasteiger partial charge < -0.3 is 15.2 Å². The molecule has 152 valence electrons. The van der Waals surface area contributed by atoms with Gasteiger partial charge in [-0.1, -0.05) is 37.3 Å². The molecule has 0 radical (unpaired) electrons. The number of carbonyl (C=O) groups excluding carboxylic acids is 2. The minimum Gasteiger partial charge on any atom is -0.478 e. The van der Waals surface area contributed by atoms with E-state index in [9.17, 15) is 14.4 Å². The van der Waals surface area contributed by atoms with Gasteiger partial charge in [-0.3, -0.25) is 4.79 Å². The summed E-state index contributed by atoms with van der Waals surface area (Å²) in [5.41, 5.74) is 0.221. The van der Waals surface area contributed by atoms with Gasteiger partial charge in [0.2, 0.25) is 5.91 Å². The maximum atomic E-state index is 12.8. The summed E-state index contributed by atoms with van der Waals surface area (Å²) < 4.78 is 5.93. The molecule has 0 bridgehead atoms. The Hall–Kier alpha value is -3.35. The van der Waals surface area contributed by atoms with Crippen LogP contribution >= 0.6 is 0 Å². The minimum absolute atomic E-state index is 0.131. The van der Waals surface area contributed by atoms with E-state index >= 15 is 0 Å². The average molecular weight is 396 g/mol. The highest BCUT2D eigenvalue weighted by atomic mass is 16.5. The van der Waals surface area contributed by atoms with E-state index in [2.05, 4.69) is 5.32 Å². The number of likely N-dealkylation sites (tertiary alicyclic amines) is 1. The van der Waals surface area contributed by atoms with Crippen LogP contribution in [0.1, 0.15) is 49.2 Å². The summed E-state index contributed by atoms with van der Waals surface area (Å²) >= 11 is 0. The van der Waals surface area contributed by atoms with Crippen LogP contribution in [-0.2, 0) is 4.79 Å². The van der Waals surface area contributed by atoms with Crippen LogP contribution in [0.5, 0.6) is 5.75 Å². The van der Waals surface area contributed by atoms with Gasteiger partial charge in [0.15, 0.2) is 6.23 Å². The number of rotatable bonds is 6. The lowest BCUT2D eigenvalue weighted by Gasteiger charge is -2.51. The molecule has 0 aliphatic carbocycles. The fourth-order valence-electron chi connectivity index (χ4n) is 3.30. The van der Waals surface area contributed by atoms with Crippen molar-refractivity contribution in [1.82, 2.24) is 10.2 Å². The van der Waals surface area contributed by atoms with E-state index in [4.69, 9.17) is 9.84 Å². The van der Waals surface area contributed by atoms with Gasteiger partial charge in [0.25, 0.3) is 0 Å². The van der Waals surface area contributed by atoms with Crippen molar-refractivity contribution in [1.29, 1.82) is 0 Å². The molecule has 1 aliphatic rings. The SMILES string of the molecule is CC[C@@]1(C)C(=O)N(C(=O)N[C@@H](C)c2ccccc2)[C@H]1Oc1ccc(C(=O)O)cc1. The van der Waals surface area contributed by atoms with Gasteiger partial charge in [-0.2, -0.15) is 0 Å². The molecule has 2 N–H and O–H groups in total. The van der Waals surface area contributed by atoms with E-state index in [0.29, 0.717) is 12.2 Å². The largest absolute Gasteiger partial charge is 0.478 e. The second kappa shape index (κ2) is 7.95. The van der Waals surface area contributed by atoms with Crippen LogP contribution in [0.25, 0.3) is 0 Å². The number of hydrogen-bond acceptors (Lipinski definition) is 4. The lowest BCUT2D eigenvalue weighted by atomic mass is 9.76. The highest BCUT2D eigenvalue weighted by molar-refractivity contribution is 6.03. The van der Waals surface area contributed by atoms with Crippen molar-refractivity contribution in [3.05, 3.63) is 65.7 Å². The molecule has 1 fully saturated rings. The summed E-state index contributed by atoms with van der Waals surface area (Å²) in [4.78, 5) is 37.6. The van der Waals surface area contributed by atoms with Gasteiger partial charge in [0.05, 0.1) is 11.6 Å². The minimum atomic E-state index is -1.04. The van der Waals surface area contributed by atoms with Crippen LogP contribution in [0.4, 0.5) is 4.79 Å². The molecule has 3 amide bonds. The third kappa shape index (κ3) is 3.81. The number of urea groups is 1. The Morgan fingerprint density at radius 1 is 1.17 bits per heavy atom. The van der Waals surface area contributed by atoms with E-state index < -0.39 is 23.6 Å². The van der Waals surface area contributed by atoms with E-state index in [1.54, 1.807) is 6.92 Å². The Kier molecular flexibility index (Phi) is 5.59. The lowest BCUT2D eigenvalue weighted by molar-refractivity contribution is -0.186. The number of carboxylic acids is 1. The molecule has 1 saturated heterocycles. The van der Waals surface area contributed by atoms with Crippen LogP contribution < -0.4 is 10.1 Å². The summed E-state index contributed by atoms with van der Waals surface area (Å²) in [5, 5.41) is 11.9. The number of nitrogens with zero attached hydrogens (tertiary/aromatic N) is 1. The van der Waals surface area contributed by atoms with Gasteiger partial charge in [0, 0.05) is 0 Å². The number of ether oxygens (including phenoxy) is 1. The number of imide groups is 1. The Labute approximate surface area is 169 Å². The first-order valence-electron chi connectivity index (χ1n) is 9.47. The van der Waals surface area contributed by atoms with E-state index in [1.165, 1.54) is 24.3 Å². The zero-order chi connectivity index (χ0) is 21.2. The number of carbonyl (C=O) groups is 3. The maximum absolute atomic E-state index is 12.8. The molecule has 29 heavy (non-hydrogen) atoms. The first kappa shape index (κ1) is 20.4. The number of benzene rings is 2. The van der Waals surface area contributed by atoms with Gasteiger partial charge >= 0.3 is 12.0 Å². The molecule has 0 unspecified atom stereocenters. The highest BCUT2D eigenvalue weighted by Gasteiger charge is 2.61. The molecule has 0 aromatic heterocycles. The molecule has 7 heteroatoms. The normalized spacial score (nSPS) is 21.8. The predicted octanol–water partition coefficient (Wildman–Crippen LogP) is 3.82. The third-order valence-corrected chi connectivity index (χ3v) is 5.43. The van der Waals surface area contributed by atoms with Crippen molar-refractivity contribution in [2.45, 2.75) is 39.5 Å². The smallest absolute Gasteiger partial charge is 0.335 e. The molecule has 2 aromatic rings. The Morgan fingerprint density at radius 3 is 2.34 bits per heavy atom. The van der Waals surface area contributed by atoms with Crippen molar-refractivity contribution < 1.29 is 24.2 Å². The van der Waals surface area contributed by atoms with E-state index in [0.717, 1.165) is 10.5 Å². The van der Waals surface area contributed by atoms with E-state index in [-0.39, 0.29) is 17.5 Å². The summed E-state index contributed by atoms with van der Waals surface area (Å²) in [7, 11) is 0. The van der Waals surface area contributed by atoms with Crippen LogP contribution in [0.3, 0.4) is 0 Å². The summed E-state index contributed by atoms with van der Waals surface area (Å²) in [6.45, 7) is 5.47. The average Bonchev–Trinajstić information content (AvgIpc) is 2.73. The van der Waals surface area contributed by atoms with Crippen molar-refractivity contribution in [3.8, 4) is 5.75 Å². The predicted molar refractivity (Wildman–Crippen MR) is 106 cm³/mol. The monoisotopic (exact) mass is 396 g/mol. The molecule has 3 rings (SSSR count). The number of hydrogen-bond donors (Lipinski definition) is 2. The van der Waals surface area contributed by atoms with Gasteiger partial charge in [-0.05, 0) is 50.1 Å². The van der Waals surface area contributed by atoms with Crippen LogP contribution in [-0.4, -0.2) is 34.1 Å². The number of β-lactam (4-membered cyclic amide) rings is 1. The fourth-order valence-corrected chi connectivity index (χ4v) is 3.30. The second-order valence-corrected chi connectivity index (χ2v) is 7.33. The Bertz CT molecular complexity index is 913. The van der Waals surface area contributed by atoms with Crippen molar-refractivity contribution in [3.63, 3.8) is 0 Å². The third-order valence-electron chi connectivity index (χ3n) is 5.43. The van der Waals surface area contributed by atoms with Crippen LogP contribution in [0.2, 0.25) is 0 Å². The quantitative estimate of drug-likeness (QED) is 0.724. The molecular weight excluding hydrogens is 372 g/mol. The zero-order valence-electron chi connectivity index (χ0n) is 16.6. The van der Waals surface area contributed by atoms with E-state index in [1.807, 2.05) is 44.2 Å². The fraction of sp³-hybridized carbons (Fsp3) is 0.318. The van der Waals surface area contributed by atoms with Crippen LogP contribution in [0.15, 0.2) is 54.6 Å². The number of carboxylic acid groups (broad SMARTS) is 1. The van der Waals surface area contributed by atoms with Gasteiger partial charge in [-0.15, -0.1) is 0 Å². The molecule has 0 saturated carbocycles. The van der Waals surface area contributed by atoms with Crippen LogP contribution in [0, 0.1) is 5.41 Å². The molecule has 3 atom stereocenters. The molecule has 0 spiro atoms.